The van der Waals surface area contributed by atoms with E-state index in [1.54, 1.807) is 0 Å². The van der Waals surface area contributed by atoms with Gasteiger partial charge in [0, 0.05) is 13.1 Å². The maximum absolute atomic E-state index is 13.6. The molecule has 1 aromatic rings. The van der Waals surface area contributed by atoms with E-state index in [9.17, 15) is 18.8 Å². The highest BCUT2D eigenvalue weighted by Gasteiger charge is 2.34. The van der Waals surface area contributed by atoms with Crippen LogP contribution in [0.4, 0.5) is 4.39 Å². The molecule has 1 unspecified atom stereocenters. The summed E-state index contributed by atoms with van der Waals surface area (Å²) in [5.74, 6) is -2.37. The lowest BCUT2D eigenvalue weighted by molar-refractivity contribution is -0.144. The molecule has 9 heteroatoms. The summed E-state index contributed by atoms with van der Waals surface area (Å²) in [7, 11) is 1.21. The van der Waals surface area contributed by atoms with E-state index < -0.39 is 29.6 Å². The molecule has 0 spiro atoms. The smallest absolute Gasteiger partial charge is 0.308 e. The highest BCUT2D eigenvalue weighted by molar-refractivity contribution is 7.80. The predicted molar refractivity (Wildman–Crippen MR) is 86.6 cm³/mol. The van der Waals surface area contributed by atoms with Crippen molar-refractivity contribution in [3.8, 4) is 0 Å². The molecule has 1 fully saturated rings. The quantitative estimate of drug-likeness (QED) is 0.596. The van der Waals surface area contributed by atoms with E-state index in [1.807, 2.05) is 0 Å². The van der Waals surface area contributed by atoms with Crippen molar-refractivity contribution in [3.05, 3.63) is 35.6 Å². The highest BCUT2D eigenvalue weighted by atomic mass is 32.1. The molecule has 1 atom stereocenters. The zero-order valence-electron chi connectivity index (χ0n) is 12.9. The van der Waals surface area contributed by atoms with Crippen LogP contribution in [-0.2, 0) is 14.3 Å². The summed E-state index contributed by atoms with van der Waals surface area (Å²) in [6.07, 6.45) is -0.210. The minimum Gasteiger partial charge on any atom is -0.469 e. The number of benzene rings is 1. The van der Waals surface area contributed by atoms with E-state index in [4.69, 9.17) is 12.2 Å². The normalized spacial score (nSPS) is 17.0. The van der Waals surface area contributed by atoms with Gasteiger partial charge in [-0.15, -0.1) is 0 Å². The molecule has 1 heterocycles. The topological polar surface area (TPSA) is 87.7 Å². The molecule has 128 valence electrons. The number of thiocarbonyl (C=S) groups is 1. The van der Waals surface area contributed by atoms with Crippen LogP contribution in [0, 0.1) is 5.82 Å². The number of rotatable bonds is 3. The first-order valence-corrected chi connectivity index (χ1v) is 7.56. The molecule has 2 amide bonds. The standard InChI is InChI=1S/C15H16FN3O4S/c1-23-12(20)8-11-14(22)17-6-7-19(11)15(24)18-13(21)9-4-2-3-5-10(9)16/h2-5,11H,6-8H2,1H3,(H,17,22)(H,18,21,24). The minimum absolute atomic E-state index is 0.0491. The third kappa shape index (κ3) is 4.05. The van der Waals surface area contributed by atoms with E-state index in [1.165, 1.54) is 30.2 Å². The maximum Gasteiger partial charge on any atom is 0.308 e. The lowest BCUT2D eigenvalue weighted by Crippen LogP contribution is -2.60. The fourth-order valence-electron chi connectivity index (χ4n) is 2.28. The first-order chi connectivity index (χ1) is 11.4. The lowest BCUT2D eigenvalue weighted by atomic mass is 10.1. The summed E-state index contributed by atoms with van der Waals surface area (Å²) in [5.41, 5.74) is -0.161. The van der Waals surface area contributed by atoms with Crippen LogP contribution in [0.3, 0.4) is 0 Å². The van der Waals surface area contributed by atoms with Gasteiger partial charge in [0.05, 0.1) is 19.1 Å². The Morgan fingerprint density at radius 2 is 2.17 bits per heavy atom. The maximum atomic E-state index is 13.6. The molecule has 1 aliphatic heterocycles. The predicted octanol–water partition coefficient (Wildman–Crippen LogP) is 0.204. The van der Waals surface area contributed by atoms with Crippen molar-refractivity contribution in [3.63, 3.8) is 0 Å². The van der Waals surface area contributed by atoms with Crippen molar-refractivity contribution in [1.29, 1.82) is 0 Å². The molecule has 2 rings (SSSR count). The van der Waals surface area contributed by atoms with Gasteiger partial charge in [-0.25, -0.2) is 4.39 Å². The van der Waals surface area contributed by atoms with Gasteiger partial charge >= 0.3 is 5.97 Å². The number of hydrogen-bond acceptors (Lipinski definition) is 5. The van der Waals surface area contributed by atoms with Crippen molar-refractivity contribution >= 4 is 35.1 Å². The highest BCUT2D eigenvalue weighted by Crippen LogP contribution is 2.12. The molecular weight excluding hydrogens is 337 g/mol. The van der Waals surface area contributed by atoms with E-state index in [0.29, 0.717) is 13.1 Å². The Hall–Kier alpha value is -2.55. The number of amides is 2. The number of piperazine rings is 1. The summed E-state index contributed by atoms with van der Waals surface area (Å²) >= 11 is 5.15. The monoisotopic (exact) mass is 353 g/mol. The van der Waals surface area contributed by atoms with Crippen molar-refractivity contribution in [2.75, 3.05) is 20.2 Å². The molecule has 24 heavy (non-hydrogen) atoms. The van der Waals surface area contributed by atoms with Crippen LogP contribution in [0.2, 0.25) is 0 Å². The average molecular weight is 353 g/mol. The van der Waals surface area contributed by atoms with Gasteiger partial charge in [0.1, 0.15) is 11.9 Å². The molecule has 0 radical (unpaired) electrons. The van der Waals surface area contributed by atoms with Crippen molar-refractivity contribution in [1.82, 2.24) is 15.5 Å². The van der Waals surface area contributed by atoms with Crippen molar-refractivity contribution in [2.45, 2.75) is 12.5 Å². The first-order valence-electron chi connectivity index (χ1n) is 7.15. The SMILES string of the molecule is COC(=O)CC1C(=O)NCCN1C(=S)NC(=O)c1ccccc1F. The van der Waals surface area contributed by atoms with Gasteiger partial charge in [-0.1, -0.05) is 12.1 Å². The van der Waals surface area contributed by atoms with Gasteiger partial charge in [0.2, 0.25) is 5.91 Å². The number of carbonyl (C=O) groups is 3. The van der Waals surface area contributed by atoms with Crippen molar-refractivity contribution in [2.24, 2.45) is 0 Å². The van der Waals surface area contributed by atoms with Crippen LogP contribution >= 0.6 is 12.2 Å². The molecule has 7 nitrogen and oxygen atoms in total. The van der Waals surface area contributed by atoms with Crippen LogP contribution in [-0.4, -0.2) is 54.0 Å². The molecule has 0 saturated carbocycles. The summed E-state index contributed by atoms with van der Waals surface area (Å²) in [6, 6.07) is 4.58. The molecule has 0 aliphatic carbocycles. The number of hydrogen-bond donors (Lipinski definition) is 2. The zero-order valence-corrected chi connectivity index (χ0v) is 13.7. The second-order valence-corrected chi connectivity index (χ2v) is 5.41. The van der Waals surface area contributed by atoms with Crippen LogP contribution in [0.15, 0.2) is 24.3 Å². The number of carbonyl (C=O) groups excluding carboxylic acids is 3. The summed E-state index contributed by atoms with van der Waals surface area (Å²) in [6.45, 7) is 0.621. The van der Waals surface area contributed by atoms with Gasteiger partial charge in [-0.05, 0) is 24.4 Å². The molecule has 0 aromatic heterocycles. The molecule has 0 bridgehead atoms. The molecule has 1 aromatic carbocycles. The second-order valence-electron chi connectivity index (χ2n) is 5.02. The van der Waals surface area contributed by atoms with Crippen LogP contribution in [0.5, 0.6) is 0 Å². The second kappa shape index (κ2) is 7.82. The van der Waals surface area contributed by atoms with Gasteiger partial charge in [0.25, 0.3) is 5.91 Å². The van der Waals surface area contributed by atoms with Gasteiger partial charge in [-0.2, -0.15) is 0 Å². The number of nitrogens with one attached hydrogen (secondary N) is 2. The van der Waals surface area contributed by atoms with Crippen LogP contribution < -0.4 is 10.6 Å². The Morgan fingerprint density at radius 1 is 1.46 bits per heavy atom. The zero-order chi connectivity index (χ0) is 17.7. The number of ether oxygens (including phenoxy) is 1. The van der Waals surface area contributed by atoms with Gasteiger partial charge in [0.15, 0.2) is 5.11 Å². The van der Waals surface area contributed by atoms with Crippen LogP contribution in [0.25, 0.3) is 0 Å². The Morgan fingerprint density at radius 3 is 2.83 bits per heavy atom. The number of methoxy groups -OCH3 is 1. The fourth-order valence-corrected chi connectivity index (χ4v) is 2.59. The summed E-state index contributed by atoms with van der Waals surface area (Å²) in [4.78, 5) is 37.0. The largest absolute Gasteiger partial charge is 0.469 e. The van der Waals surface area contributed by atoms with Crippen molar-refractivity contribution < 1.29 is 23.5 Å². The minimum atomic E-state index is -0.889. The summed E-state index contributed by atoms with van der Waals surface area (Å²) in [5, 5.41) is 4.97. The van der Waals surface area contributed by atoms with Gasteiger partial charge < -0.3 is 15.0 Å². The molecular formula is C15H16FN3O4S. The Kier molecular flexibility index (Phi) is 5.80. The first kappa shape index (κ1) is 17.8. The molecule has 1 aliphatic rings. The summed E-state index contributed by atoms with van der Waals surface area (Å²) < 4.78 is 18.2. The number of esters is 1. The third-order valence-corrected chi connectivity index (χ3v) is 3.85. The Labute approximate surface area is 143 Å². The van der Waals surface area contributed by atoms with E-state index in [-0.39, 0.29) is 17.1 Å². The Bertz CT molecular complexity index is 682. The molecule has 1 saturated heterocycles. The van der Waals surface area contributed by atoms with E-state index in [0.717, 1.165) is 6.07 Å². The number of nitrogens with zero attached hydrogens (tertiary/aromatic N) is 1. The van der Waals surface area contributed by atoms with E-state index in [2.05, 4.69) is 15.4 Å². The Balaban J connectivity index is 2.11. The van der Waals surface area contributed by atoms with Gasteiger partial charge in [-0.3, -0.25) is 19.7 Å². The lowest BCUT2D eigenvalue weighted by Gasteiger charge is -2.36. The third-order valence-electron chi connectivity index (χ3n) is 3.52. The number of halogens is 1. The average Bonchev–Trinajstić information content (AvgIpc) is 2.56. The van der Waals surface area contributed by atoms with E-state index >= 15 is 0 Å². The fraction of sp³-hybridized carbons (Fsp3) is 0.333. The van der Waals surface area contributed by atoms with Crippen LogP contribution in [0.1, 0.15) is 16.8 Å². The molecule has 2 N–H and O–H groups in total.